The third kappa shape index (κ3) is 3.15. The molecule has 1 N–H and O–H groups in total. The Labute approximate surface area is 120 Å². The molecule has 0 fully saturated rings. The lowest BCUT2D eigenvalue weighted by Gasteiger charge is -2.05. The number of rotatable bonds is 3. The first-order valence-corrected chi connectivity index (χ1v) is 6.12. The van der Waals surface area contributed by atoms with Crippen LogP contribution < -0.4 is 5.32 Å². The van der Waals surface area contributed by atoms with Gasteiger partial charge in [-0.25, -0.2) is 0 Å². The monoisotopic (exact) mass is 339 g/mol. The maximum absolute atomic E-state index is 13.4. The summed E-state index contributed by atoms with van der Waals surface area (Å²) in [7, 11) is 0. The first kappa shape index (κ1) is 14.1. The van der Waals surface area contributed by atoms with Gasteiger partial charge in [0.05, 0.1) is 10.5 Å². The average Bonchev–Trinajstić information content (AvgIpc) is 2.38. The van der Waals surface area contributed by atoms with Crippen molar-refractivity contribution in [2.24, 2.45) is 0 Å². The molecule has 0 aliphatic rings. The van der Waals surface area contributed by atoms with Crippen LogP contribution in [-0.2, 0) is 0 Å². The molecular formula is C12H7BrFN3O3. The number of halogens is 2. The van der Waals surface area contributed by atoms with E-state index in [1.165, 1.54) is 18.5 Å². The zero-order valence-corrected chi connectivity index (χ0v) is 11.4. The van der Waals surface area contributed by atoms with E-state index in [1.807, 2.05) is 0 Å². The zero-order chi connectivity index (χ0) is 14.7. The van der Waals surface area contributed by atoms with E-state index in [0.29, 0.717) is 4.47 Å². The molecule has 0 atom stereocenters. The summed E-state index contributed by atoms with van der Waals surface area (Å²) in [6, 6.07) is 4.68. The van der Waals surface area contributed by atoms with E-state index >= 15 is 0 Å². The van der Waals surface area contributed by atoms with E-state index in [1.54, 1.807) is 6.07 Å². The summed E-state index contributed by atoms with van der Waals surface area (Å²) < 4.78 is 14.0. The summed E-state index contributed by atoms with van der Waals surface area (Å²) in [5, 5.41) is 12.9. The molecule has 102 valence electrons. The average molecular weight is 340 g/mol. The fraction of sp³-hybridized carbons (Fsp3) is 0. The Morgan fingerprint density at radius 2 is 2.10 bits per heavy atom. The number of carbonyl (C=O) groups excluding carboxylic acids is 1. The highest BCUT2D eigenvalue weighted by Gasteiger charge is 2.15. The van der Waals surface area contributed by atoms with Gasteiger partial charge >= 0.3 is 5.69 Å². The summed E-state index contributed by atoms with van der Waals surface area (Å²) in [6.07, 6.45) is 2.87. The van der Waals surface area contributed by atoms with Gasteiger partial charge in [-0.05, 0) is 28.1 Å². The minimum atomic E-state index is -1.01. The van der Waals surface area contributed by atoms with Gasteiger partial charge in [0, 0.05) is 34.7 Å². The Morgan fingerprint density at radius 1 is 1.35 bits per heavy atom. The van der Waals surface area contributed by atoms with E-state index < -0.39 is 22.3 Å². The molecule has 1 heterocycles. The number of aromatic nitrogens is 1. The van der Waals surface area contributed by atoms with Crippen molar-refractivity contribution in [1.82, 2.24) is 4.98 Å². The summed E-state index contributed by atoms with van der Waals surface area (Å²) in [6.45, 7) is 0. The number of anilines is 1. The molecule has 0 bridgehead atoms. The fourth-order valence-electron chi connectivity index (χ4n) is 1.47. The van der Waals surface area contributed by atoms with Crippen molar-refractivity contribution >= 4 is 33.2 Å². The highest BCUT2D eigenvalue weighted by molar-refractivity contribution is 9.10. The third-order valence-corrected chi connectivity index (χ3v) is 2.80. The number of nitro benzene ring substituents is 1. The molecule has 0 saturated carbocycles. The first-order chi connectivity index (χ1) is 9.47. The number of carbonyl (C=O) groups is 1. The number of hydrogen-bond donors (Lipinski definition) is 1. The third-order valence-electron chi connectivity index (χ3n) is 2.37. The largest absolute Gasteiger partial charge is 0.322 e. The Morgan fingerprint density at radius 3 is 2.70 bits per heavy atom. The predicted molar refractivity (Wildman–Crippen MR) is 72.9 cm³/mol. The Bertz CT molecular complexity index is 693. The molecule has 0 radical (unpaired) electrons. The molecule has 1 aromatic heterocycles. The molecular weight excluding hydrogens is 333 g/mol. The molecule has 1 amide bonds. The number of nitrogens with zero attached hydrogens (tertiary/aromatic N) is 2. The van der Waals surface area contributed by atoms with Gasteiger partial charge in [0.25, 0.3) is 5.91 Å². The normalized spacial score (nSPS) is 10.1. The van der Waals surface area contributed by atoms with Gasteiger partial charge in [0.2, 0.25) is 5.82 Å². The van der Waals surface area contributed by atoms with Crippen LogP contribution in [0, 0.1) is 15.9 Å². The van der Waals surface area contributed by atoms with Crippen LogP contribution in [0.1, 0.15) is 10.4 Å². The molecule has 0 aliphatic heterocycles. The van der Waals surface area contributed by atoms with Crippen LogP contribution in [0.2, 0.25) is 0 Å². The molecule has 0 aliphatic carbocycles. The Kier molecular flexibility index (Phi) is 4.04. The van der Waals surface area contributed by atoms with Gasteiger partial charge in [-0.1, -0.05) is 0 Å². The fourth-order valence-corrected chi connectivity index (χ4v) is 1.84. The van der Waals surface area contributed by atoms with Gasteiger partial charge in [-0.15, -0.1) is 0 Å². The first-order valence-electron chi connectivity index (χ1n) is 5.33. The van der Waals surface area contributed by atoms with Crippen molar-refractivity contribution in [3.05, 3.63) is 62.6 Å². The van der Waals surface area contributed by atoms with E-state index in [9.17, 15) is 19.3 Å². The predicted octanol–water partition coefficient (Wildman–Crippen LogP) is 3.14. The second-order valence-electron chi connectivity index (χ2n) is 3.77. The zero-order valence-electron chi connectivity index (χ0n) is 9.84. The van der Waals surface area contributed by atoms with Crippen molar-refractivity contribution in [3.8, 4) is 0 Å². The summed E-state index contributed by atoms with van der Waals surface area (Å²) >= 11 is 3.18. The quantitative estimate of drug-likeness (QED) is 0.687. The van der Waals surface area contributed by atoms with Crippen molar-refractivity contribution in [2.45, 2.75) is 0 Å². The number of benzene rings is 1. The SMILES string of the molecule is O=C(Nc1ccc([N+](=O)[O-])c(F)c1)c1cncc(Br)c1. The van der Waals surface area contributed by atoms with Crippen LogP contribution >= 0.6 is 15.9 Å². The lowest BCUT2D eigenvalue weighted by Crippen LogP contribution is -2.12. The number of amides is 1. The lowest BCUT2D eigenvalue weighted by atomic mass is 10.2. The van der Waals surface area contributed by atoms with Crippen LogP contribution in [0.5, 0.6) is 0 Å². The molecule has 0 saturated heterocycles. The molecule has 0 spiro atoms. The molecule has 20 heavy (non-hydrogen) atoms. The van der Waals surface area contributed by atoms with Crippen molar-refractivity contribution in [1.29, 1.82) is 0 Å². The van der Waals surface area contributed by atoms with E-state index in [4.69, 9.17) is 0 Å². The summed E-state index contributed by atoms with van der Waals surface area (Å²) in [5.41, 5.74) is -0.247. The van der Waals surface area contributed by atoms with Crippen molar-refractivity contribution < 1.29 is 14.1 Å². The number of hydrogen-bond acceptors (Lipinski definition) is 4. The molecule has 0 unspecified atom stereocenters. The summed E-state index contributed by atoms with van der Waals surface area (Å²) in [5.74, 6) is -1.51. The molecule has 2 aromatic rings. The van der Waals surface area contributed by atoms with Crippen LogP contribution in [0.25, 0.3) is 0 Å². The maximum Gasteiger partial charge on any atom is 0.304 e. The van der Waals surface area contributed by atoms with Crippen molar-refractivity contribution in [2.75, 3.05) is 5.32 Å². The maximum atomic E-state index is 13.4. The number of pyridine rings is 1. The van der Waals surface area contributed by atoms with Crippen LogP contribution in [-0.4, -0.2) is 15.8 Å². The minimum absolute atomic E-state index is 0.123. The highest BCUT2D eigenvalue weighted by Crippen LogP contribution is 2.21. The van der Waals surface area contributed by atoms with Crippen molar-refractivity contribution in [3.63, 3.8) is 0 Å². The Hall–Kier alpha value is -2.35. The number of nitro groups is 1. The summed E-state index contributed by atoms with van der Waals surface area (Å²) in [4.78, 5) is 25.3. The van der Waals surface area contributed by atoms with Crippen LogP contribution in [0.15, 0.2) is 41.1 Å². The standard InChI is InChI=1S/C12H7BrFN3O3/c13-8-3-7(5-15-6-8)12(18)16-9-1-2-11(17(19)20)10(14)4-9/h1-6H,(H,16,18). The second kappa shape index (κ2) is 5.74. The van der Waals surface area contributed by atoms with Gasteiger partial charge < -0.3 is 5.32 Å². The minimum Gasteiger partial charge on any atom is -0.322 e. The van der Waals surface area contributed by atoms with Gasteiger partial charge in [0.1, 0.15) is 0 Å². The van der Waals surface area contributed by atoms with Gasteiger partial charge in [-0.2, -0.15) is 4.39 Å². The molecule has 2 rings (SSSR count). The lowest BCUT2D eigenvalue weighted by molar-refractivity contribution is -0.387. The van der Waals surface area contributed by atoms with Crippen LogP contribution in [0.4, 0.5) is 15.8 Å². The topological polar surface area (TPSA) is 85.1 Å². The van der Waals surface area contributed by atoms with E-state index in [2.05, 4.69) is 26.2 Å². The molecule has 1 aromatic carbocycles. The van der Waals surface area contributed by atoms with Crippen LogP contribution in [0.3, 0.4) is 0 Å². The molecule has 8 heteroatoms. The van der Waals surface area contributed by atoms with Gasteiger partial charge in [0.15, 0.2) is 0 Å². The van der Waals surface area contributed by atoms with Gasteiger partial charge in [-0.3, -0.25) is 19.9 Å². The Balaban J connectivity index is 2.20. The molecule has 6 nitrogen and oxygen atoms in total. The number of nitrogens with one attached hydrogen (secondary N) is 1. The second-order valence-corrected chi connectivity index (χ2v) is 4.68. The van der Waals surface area contributed by atoms with E-state index in [-0.39, 0.29) is 11.3 Å². The van der Waals surface area contributed by atoms with E-state index in [0.717, 1.165) is 12.1 Å². The smallest absolute Gasteiger partial charge is 0.304 e. The highest BCUT2D eigenvalue weighted by atomic mass is 79.9.